The van der Waals surface area contributed by atoms with Gasteiger partial charge in [-0.15, -0.1) is 0 Å². The largest absolute Gasteiger partial charge is 0.390 e. The molecule has 1 heterocycles. The van der Waals surface area contributed by atoms with Gasteiger partial charge in [0.1, 0.15) is 18.1 Å². The van der Waals surface area contributed by atoms with Crippen molar-refractivity contribution in [1.82, 2.24) is 10.5 Å². The number of fused-ring (bicyclic) bond motifs is 1. The Morgan fingerprint density at radius 2 is 2.50 bits per heavy atom. The van der Waals surface area contributed by atoms with Crippen LogP contribution in [0.25, 0.3) is 0 Å². The number of nitrogens with one attached hydrogen (secondary N) is 1. The number of rotatable bonds is 5. The second kappa shape index (κ2) is 5.97. The summed E-state index contributed by atoms with van der Waals surface area (Å²) in [7, 11) is 0. The highest BCUT2D eigenvalue weighted by molar-refractivity contribution is 5.77. The predicted molar refractivity (Wildman–Crippen MR) is 62.9 cm³/mol. The number of carbonyl (C=O) groups is 1. The van der Waals surface area contributed by atoms with Crippen molar-refractivity contribution in [2.75, 3.05) is 13.2 Å². The van der Waals surface area contributed by atoms with E-state index in [1.54, 1.807) is 0 Å². The molecule has 6 nitrogen and oxygen atoms in total. The zero-order valence-corrected chi connectivity index (χ0v) is 10.4. The first kappa shape index (κ1) is 13.0. The van der Waals surface area contributed by atoms with Gasteiger partial charge in [0.25, 0.3) is 0 Å². The molecular weight excluding hydrogens is 236 g/mol. The maximum Gasteiger partial charge on any atom is 0.246 e. The fraction of sp³-hybridized carbons (Fsp3) is 0.667. The van der Waals surface area contributed by atoms with Crippen molar-refractivity contribution in [3.05, 3.63) is 17.0 Å². The molecule has 0 saturated carbocycles. The first-order chi connectivity index (χ1) is 8.74. The SMILES string of the molecule is CCOCC(=O)NC1CCc2onc(CO)c2C1. The molecule has 0 fully saturated rings. The summed E-state index contributed by atoms with van der Waals surface area (Å²) in [5.41, 5.74) is 1.51. The van der Waals surface area contributed by atoms with Crippen LogP contribution < -0.4 is 5.32 Å². The highest BCUT2D eigenvalue weighted by Gasteiger charge is 2.26. The highest BCUT2D eigenvalue weighted by Crippen LogP contribution is 2.24. The molecule has 0 spiro atoms. The van der Waals surface area contributed by atoms with Gasteiger partial charge in [-0.25, -0.2) is 0 Å². The monoisotopic (exact) mass is 254 g/mol. The summed E-state index contributed by atoms with van der Waals surface area (Å²) in [6.45, 7) is 2.35. The van der Waals surface area contributed by atoms with Crippen LogP contribution in [0, 0.1) is 0 Å². The standard InChI is InChI=1S/C12H18N2O4/c1-2-17-7-12(16)13-8-3-4-11-9(5-8)10(6-15)14-18-11/h8,15H,2-7H2,1H3,(H,13,16). The van der Waals surface area contributed by atoms with Gasteiger partial charge < -0.3 is 19.7 Å². The number of aliphatic hydroxyl groups excluding tert-OH is 1. The van der Waals surface area contributed by atoms with E-state index in [4.69, 9.17) is 14.4 Å². The van der Waals surface area contributed by atoms with Gasteiger partial charge in [0.15, 0.2) is 0 Å². The minimum absolute atomic E-state index is 0.0650. The lowest BCUT2D eigenvalue weighted by atomic mass is 9.92. The third kappa shape index (κ3) is 2.88. The third-order valence-electron chi connectivity index (χ3n) is 3.07. The summed E-state index contributed by atoms with van der Waals surface area (Å²) in [5.74, 6) is 0.724. The van der Waals surface area contributed by atoms with Gasteiger partial charge in [0.05, 0.1) is 6.61 Å². The van der Waals surface area contributed by atoms with Crippen LogP contribution in [0.1, 0.15) is 30.4 Å². The van der Waals surface area contributed by atoms with Gasteiger partial charge in [-0.1, -0.05) is 5.16 Å². The average Bonchev–Trinajstić information content (AvgIpc) is 2.78. The smallest absolute Gasteiger partial charge is 0.246 e. The fourth-order valence-electron chi connectivity index (χ4n) is 2.17. The molecule has 0 saturated heterocycles. The van der Waals surface area contributed by atoms with E-state index in [-0.39, 0.29) is 25.2 Å². The van der Waals surface area contributed by atoms with E-state index in [9.17, 15) is 4.79 Å². The normalized spacial score (nSPS) is 18.4. The Morgan fingerprint density at radius 3 is 3.22 bits per heavy atom. The molecule has 6 heteroatoms. The van der Waals surface area contributed by atoms with E-state index in [1.165, 1.54) is 0 Å². The van der Waals surface area contributed by atoms with Crippen molar-refractivity contribution in [1.29, 1.82) is 0 Å². The molecule has 1 unspecified atom stereocenters. The second-order valence-corrected chi connectivity index (χ2v) is 4.33. The summed E-state index contributed by atoms with van der Waals surface area (Å²) in [4.78, 5) is 11.6. The van der Waals surface area contributed by atoms with E-state index in [2.05, 4.69) is 10.5 Å². The van der Waals surface area contributed by atoms with Crippen LogP contribution >= 0.6 is 0 Å². The van der Waals surface area contributed by atoms with Crippen LogP contribution in [-0.4, -0.2) is 35.4 Å². The van der Waals surface area contributed by atoms with Gasteiger partial charge in [-0.2, -0.15) is 0 Å². The van der Waals surface area contributed by atoms with Gasteiger partial charge in [0.2, 0.25) is 5.91 Å². The number of hydrogen-bond acceptors (Lipinski definition) is 5. The molecule has 100 valence electrons. The van der Waals surface area contributed by atoms with Crippen molar-refractivity contribution in [2.45, 2.75) is 38.8 Å². The van der Waals surface area contributed by atoms with Crippen molar-refractivity contribution >= 4 is 5.91 Å². The zero-order chi connectivity index (χ0) is 13.0. The fourth-order valence-corrected chi connectivity index (χ4v) is 2.17. The molecule has 1 aromatic heterocycles. The van der Waals surface area contributed by atoms with E-state index < -0.39 is 0 Å². The molecule has 1 aliphatic carbocycles. The maximum atomic E-state index is 11.6. The van der Waals surface area contributed by atoms with E-state index in [0.717, 1.165) is 24.2 Å². The highest BCUT2D eigenvalue weighted by atomic mass is 16.5. The topological polar surface area (TPSA) is 84.6 Å². The summed E-state index contributed by atoms with van der Waals surface area (Å²) in [6, 6.07) is 0.0650. The number of nitrogens with zero attached hydrogens (tertiary/aromatic N) is 1. The molecular formula is C12H18N2O4. The Morgan fingerprint density at radius 1 is 1.67 bits per heavy atom. The van der Waals surface area contributed by atoms with E-state index in [1.807, 2.05) is 6.92 Å². The number of aromatic nitrogens is 1. The lowest BCUT2D eigenvalue weighted by Crippen LogP contribution is -2.40. The number of hydrogen-bond donors (Lipinski definition) is 2. The molecule has 2 N–H and O–H groups in total. The predicted octanol–water partition coefficient (Wildman–Crippen LogP) is 0.177. The van der Waals surface area contributed by atoms with Crippen molar-refractivity contribution in [3.8, 4) is 0 Å². The maximum absolute atomic E-state index is 11.6. The van der Waals surface area contributed by atoms with Crippen LogP contribution in [0.4, 0.5) is 0 Å². The quantitative estimate of drug-likeness (QED) is 0.783. The Balaban J connectivity index is 1.92. The molecule has 2 rings (SSSR count). The number of ether oxygens (including phenoxy) is 1. The van der Waals surface area contributed by atoms with Crippen LogP contribution in [0.3, 0.4) is 0 Å². The van der Waals surface area contributed by atoms with Crippen LogP contribution in [0.2, 0.25) is 0 Å². The van der Waals surface area contributed by atoms with Crippen LogP contribution in [-0.2, 0) is 29.0 Å². The van der Waals surface area contributed by atoms with Crippen molar-refractivity contribution in [2.24, 2.45) is 0 Å². The lowest BCUT2D eigenvalue weighted by Gasteiger charge is -2.22. The Labute approximate surface area is 105 Å². The van der Waals surface area contributed by atoms with Crippen LogP contribution in [0.5, 0.6) is 0 Å². The van der Waals surface area contributed by atoms with Gasteiger partial charge >= 0.3 is 0 Å². The number of aliphatic hydroxyl groups is 1. The van der Waals surface area contributed by atoms with Crippen molar-refractivity contribution < 1.29 is 19.2 Å². The second-order valence-electron chi connectivity index (χ2n) is 4.33. The first-order valence-electron chi connectivity index (χ1n) is 6.18. The Hall–Kier alpha value is -1.40. The summed E-state index contributed by atoms with van der Waals surface area (Å²) in [6.07, 6.45) is 2.22. The summed E-state index contributed by atoms with van der Waals surface area (Å²) in [5, 5.41) is 15.9. The van der Waals surface area contributed by atoms with Gasteiger partial charge in [-0.05, 0) is 19.8 Å². The molecule has 18 heavy (non-hydrogen) atoms. The Kier molecular flexibility index (Phi) is 4.33. The molecule has 1 aliphatic rings. The number of amides is 1. The molecule has 1 aromatic rings. The Bertz CT molecular complexity index is 403. The van der Waals surface area contributed by atoms with E-state index >= 15 is 0 Å². The van der Waals surface area contributed by atoms with Crippen LogP contribution in [0.15, 0.2) is 4.52 Å². The van der Waals surface area contributed by atoms with Gasteiger partial charge in [0, 0.05) is 24.6 Å². The number of aryl methyl sites for hydroxylation is 1. The zero-order valence-electron chi connectivity index (χ0n) is 10.4. The first-order valence-corrected chi connectivity index (χ1v) is 6.18. The van der Waals surface area contributed by atoms with E-state index in [0.29, 0.717) is 18.7 Å². The molecule has 1 amide bonds. The number of carbonyl (C=O) groups excluding carboxylic acids is 1. The minimum atomic E-state index is -0.127. The average molecular weight is 254 g/mol. The molecule has 0 bridgehead atoms. The molecule has 1 atom stereocenters. The van der Waals surface area contributed by atoms with Gasteiger partial charge in [-0.3, -0.25) is 4.79 Å². The lowest BCUT2D eigenvalue weighted by molar-refractivity contribution is -0.126. The minimum Gasteiger partial charge on any atom is -0.390 e. The molecule has 0 aromatic carbocycles. The van der Waals surface area contributed by atoms with Crippen molar-refractivity contribution in [3.63, 3.8) is 0 Å². The molecule has 0 radical (unpaired) electrons. The summed E-state index contributed by atoms with van der Waals surface area (Å²) >= 11 is 0. The summed E-state index contributed by atoms with van der Waals surface area (Å²) < 4.78 is 10.2. The molecule has 0 aliphatic heterocycles. The third-order valence-corrected chi connectivity index (χ3v) is 3.07.